The Bertz CT molecular complexity index is 548. The van der Waals surface area contributed by atoms with Crippen LogP contribution in [0.2, 0.25) is 0 Å². The lowest BCUT2D eigenvalue weighted by Crippen LogP contribution is -2.08. The van der Waals surface area contributed by atoms with E-state index in [4.69, 9.17) is 4.74 Å². The maximum Gasteiger partial charge on any atom is 0.124 e. The van der Waals surface area contributed by atoms with Crippen LogP contribution in [0.1, 0.15) is 43.9 Å². The van der Waals surface area contributed by atoms with Crippen molar-refractivity contribution in [2.75, 3.05) is 12.4 Å². The van der Waals surface area contributed by atoms with Crippen molar-refractivity contribution in [2.45, 2.75) is 39.2 Å². The first-order valence-electron chi connectivity index (χ1n) is 7.73. The molecule has 0 saturated heterocycles. The van der Waals surface area contributed by atoms with E-state index in [1.165, 1.54) is 30.4 Å². The van der Waals surface area contributed by atoms with Gasteiger partial charge in [-0.3, -0.25) is 0 Å². The van der Waals surface area contributed by atoms with E-state index >= 15 is 0 Å². The van der Waals surface area contributed by atoms with Crippen LogP contribution in [0.4, 0.5) is 5.69 Å². The lowest BCUT2D eigenvalue weighted by Gasteiger charge is -2.18. The zero-order valence-electron chi connectivity index (χ0n) is 13.2. The molecular formula is C19H25NO. The molecule has 1 N–H and O–H groups in total. The van der Waals surface area contributed by atoms with E-state index in [1.54, 1.807) is 7.11 Å². The van der Waals surface area contributed by atoms with E-state index in [1.807, 2.05) is 18.2 Å². The minimum Gasteiger partial charge on any atom is -0.496 e. The van der Waals surface area contributed by atoms with Gasteiger partial charge in [-0.25, -0.2) is 0 Å². The van der Waals surface area contributed by atoms with Gasteiger partial charge in [0.05, 0.1) is 13.2 Å². The molecule has 2 rings (SSSR count). The van der Waals surface area contributed by atoms with Crippen LogP contribution in [0.5, 0.6) is 5.75 Å². The highest BCUT2D eigenvalue weighted by molar-refractivity contribution is 5.48. The van der Waals surface area contributed by atoms with Gasteiger partial charge in [0.15, 0.2) is 0 Å². The number of para-hydroxylation sites is 1. The van der Waals surface area contributed by atoms with Crippen molar-refractivity contribution in [1.29, 1.82) is 0 Å². The van der Waals surface area contributed by atoms with Crippen molar-refractivity contribution in [1.82, 2.24) is 0 Å². The van der Waals surface area contributed by atoms with E-state index in [0.29, 0.717) is 0 Å². The zero-order valence-corrected chi connectivity index (χ0v) is 13.2. The van der Waals surface area contributed by atoms with Crippen LogP contribution in [0.15, 0.2) is 48.5 Å². The predicted octanol–water partition coefficient (Wildman–Crippen LogP) is 5.21. The number of hydrogen-bond acceptors (Lipinski definition) is 2. The second kappa shape index (κ2) is 7.72. The molecule has 0 fully saturated rings. The van der Waals surface area contributed by atoms with Crippen molar-refractivity contribution < 1.29 is 4.74 Å². The van der Waals surface area contributed by atoms with Crippen LogP contribution >= 0.6 is 0 Å². The molecule has 2 aromatic rings. The van der Waals surface area contributed by atoms with Crippen LogP contribution in [0, 0.1) is 0 Å². The Morgan fingerprint density at radius 2 is 1.76 bits per heavy atom. The lowest BCUT2D eigenvalue weighted by molar-refractivity contribution is 0.408. The Balaban J connectivity index is 2.03. The third kappa shape index (κ3) is 4.25. The lowest BCUT2D eigenvalue weighted by atomic mass is 10.1. The van der Waals surface area contributed by atoms with Crippen LogP contribution < -0.4 is 10.1 Å². The summed E-state index contributed by atoms with van der Waals surface area (Å²) in [4.78, 5) is 0. The largest absolute Gasteiger partial charge is 0.496 e. The SMILES string of the molecule is CCCCc1ccc(NC(C)c2ccccc2OC)cc1. The number of anilines is 1. The number of methoxy groups -OCH3 is 1. The molecule has 0 bridgehead atoms. The molecule has 112 valence electrons. The molecule has 0 aromatic heterocycles. The molecule has 0 radical (unpaired) electrons. The van der Waals surface area contributed by atoms with Gasteiger partial charge < -0.3 is 10.1 Å². The van der Waals surface area contributed by atoms with Crippen LogP contribution in [0.25, 0.3) is 0 Å². The third-order valence-corrected chi connectivity index (χ3v) is 3.76. The molecule has 0 aliphatic carbocycles. The molecule has 0 aliphatic heterocycles. The van der Waals surface area contributed by atoms with Gasteiger partial charge in [-0.2, -0.15) is 0 Å². The normalized spacial score (nSPS) is 12.0. The summed E-state index contributed by atoms with van der Waals surface area (Å²) in [6.07, 6.45) is 3.66. The van der Waals surface area contributed by atoms with E-state index in [2.05, 4.69) is 49.5 Å². The summed E-state index contributed by atoms with van der Waals surface area (Å²) in [5.74, 6) is 0.928. The van der Waals surface area contributed by atoms with Crippen molar-refractivity contribution in [3.05, 3.63) is 59.7 Å². The number of ether oxygens (including phenoxy) is 1. The number of unbranched alkanes of at least 4 members (excludes halogenated alkanes) is 1. The molecule has 2 nitrogen and oxygen atoms in total. The zero-order chi connectivity index (χ0) is 15.1. The van der Waals surface area contributed by atoms with Gasteiger partial charge in [-0.05, 0) is 43.5 Å². The Morgan fingerprint density at radius 1 is 1.05 bits per heavy atom. The number of nitrogens with one attached hydrogen (secondary N) is 1. The molecule has 0 amide bonds. The molecule has 2 aromatic carbocycles. The van der Waals surface area contributed by atoms with Crippen molar-refractivity contribution >= 4 is 5.69 Å². The molecule has 2 heteroatoms. The summed E-state index contributed by atoms with van der Waals surface area (Å²) in [5.41, 5.74) is 3.73. The van der Waals surface area contributed by atoms with Gasteiger partial charge in [-0.1, -0.05) is 43.7 Å². The molecule has 0 aliphatic rings. The first-order chi connectivity index (χ1) is 10.2. The average Bonchev–Trinajstić information content (AvgIpc) is 2.54. The van der Waals surface area contributed by atoms with Gasteiger partial charge in [-0.15, -0.1) is 0 Å². The molecule has 0 heterocycles. The van der Waals surface area contributed by atoms with E-state index in [-0.39, 0.29) is 6.04 Å². The topological polar surface area (TPSA) is 21.3 Å². The van der Waals surface area contributed by atoms with E-state index in [0.717, 1.165) is 11.4 Å². The Labute approximate surface area is 128 Å². The van der Waals surface area contributed by atoms with Crippen LogP contribution in [-0.2, 0) is 6.42 Å². The molecule has 1 unspecified atom stereocenters. The number of benzene rings is 2. The Hall–Kier alpha value is -1.96. The average molecular weight is 283 g/mol. The van der Waals surface area contributed by atoms with Crippen LogP contribution in [-0.4, -0.2) is 7.11 Å². The number of hydrogen-bond donors (Lipinski definition) is 1. The monoisotopic (exact) mass is 283 g/mol. The molecule has 1 atom stereocenters. The summed E-state index contributed by atoms with van der Waals surface area (Å²) < 4.78 is 5.43. The predicted molar refractivity (Wildman–Crippen MR) is 90.1 cm³/mol. The van der Waals surface area contributed by atoms with Crippen molar-refractivity contribution in [3.8, 4) is 5.75 Å². The van der Waals surface area contributed by atoms with Crippen molar-refractivity contribution in [3.63, 3.8) is 0 Å². The smallest absolute Gasteiger partial charge is 0.124 e. The summed E-state index contributed by atoms with van der Waals surface area (Å²) in [7, 11) is 1.72. The Kier molecular flexibility index (Phi) is 5.68. The van der Waals surface area contributed by atoms with E-state index < -0.39 is 0 Å². The van der Waals surface area contributed by atoms with Gasteiger partial charge in [0.1, 0.15) is 5.75 Å². The standard InChI is InChI=1S/C19H25NO/c1-4-5-8-16-11-13-17(14-12-16)20-15(2)18-9-6-7-10-19(18)21-3/h6-7,9-15,20H,4-5,8H2,1-3H3. The molecular weight excluding hydrogens is 258 g/mol. The maximum atomic E-state index is 5.43. The van der Waals surface area contributed by atoms with Gasteiger partial charge in [0.2, 0.25) is 0 Å². The Morgan fingerprint density at radius 3 is 2.43 bits per heavy atom. The summed E-state index contributed by atoms with van der Waals surface area (Å²) in [6, 6.07) is 17.1. The molecule has 21 heavy (non-hydrogen) atoms. The molecule has 0 saturated carbocycles. The van der Waals surface area contributed by atoms with Gasteiger partial charge in [0, 0.05) is 11.3 Å². The van der Waals surface area contributed by atoms with Gasteiger partial charge >= 0.3 is 0 Å². The second-order valence-corrected chi connectivity index (χ2v) is 5.41. The highest BCUT2D eigenvalue weighted by atomic mass is 16.5. The second-order valence-electron chi connectivity index (χ2n) is 5.41. The first kappa shape index (κ1) is 15.4. The molecule has 0 spiro atoms. The fourth-order valence-electron chi connectivity index (χ4n) is 2.50. The quantitative estimate of drug-likeness (QED) is 0.753. The summed E-state index contributed by atoms with van der Waals surface area (Å²) >= 11 is 0. The third-order valence-electron chi connectivity index (χ3n) is 3.76. The minimum absolute atomic E-state index is 0.211. The summed E-state index contributed by atoms with van der Waals surface area (Å²) in [5, 5.41) is 3.54. The minimum atomic E-state index is 0.211. The van der Waals surface area contributed by atoms with Crippen molar-refractivity contribution in [2.24, 2.45) is 0 Å². The highest BCUT2D eigenvalue weighted by Gasteiger charge is 2.10. The number of aryl methyl sites for hydroxylation is 1. The fraction of sp³-hybridized carbons (Fsp3) is 0.368. The van der Waals surface area contributed by atoms with E-state index in [9.17, 15) is 0 Å². The fourth-order valence-corrected chi connectivity index (χ4v) is 2.50. The number of rotatable bonds is 7. The van der Waals surface area contributed by atoms with Crippen LogP contribution in [0.3, 0.4) is 0 Å². The first-order valence-corrected chi connectivity index (χ1v) is 7.73. The highest BCUT2D eigenvalue weighted by Crippen LogP contribution is 2.27. The van der Waals surface area contributed by atoms with Gasteiger partial charge in [0.25, 0.3) is 0 Å². The maximum absolute atomic E-state index is 5.43. The summed E-state index contributed by atoms with van der Waals surface area (Å²) in [6.45, 7) is 4.38.